The zero-order valence-corrected chi connectivity index (χ0v) is 12.9. The maximum atomic E-state index is 13.4. The average Bonchev–Trinajstić information content (AvgIpc) is 2.38. The van der Waals surface area contributed by atoms with Crippen LogP contribution in [0.3, 0.4) is 0 Å². The Morgan fingerprint density at radius 3 is 2.45 bits per heavy atom. The summed E-state index contributed by atoms with van der Waals surface area (Å²) in [6.07, 6.45) is 2.20. The zero-order valence-electron chi connectivity index (χ0n) is 11.3. The summed E-state index contributed by atoms with van der Waals surface area (Å²) in [4.78, 5) is 23.1. The van der Waals surface area contributed by atoms with Crippen LogP contribution in [0.5, 0.6) is 0 Å². The lowest BCUT2D eigenvalue weighted by molar-refractivity contribution is -0.111. The van der Waals surface area contributed by atoms with E-state index in [0.29, 0.717) is 12.3 Å². The molecule has 0 saturated carbocycles. The molecular formula is C14H16ClFO3S. The van der Waals surface area contributed by atoms with Crippen LogP contribution in [0.2, 0.25) is 5.02 Å². The normalized spacial score (nSPS) is 10.8. The van der Waals surface area contributed by atoms with Gasteiger partial charge in [0, 0.05) is 11.3 Å². The first-order valence-corrected chi connectivity index (χ1v) is 7.51. The van der Waals surface area contributed by atoms with Crippen LogP contribution >= 0.6 is 23.4 Å². The van der Waals surface area contributed by atoms with Crippen LogP contribution in [0, 0.1) is 11.7 Å². The number of thioether (sulfide) groups is 1. The van der Waals surface area contributed by atoms with Crippen molar-refractivity contribution in [3.05, 3.63) is 28.5 Å². The predicted octanol–water partition coefficient (Wildman–Crippen LogP) is 4.62. The van der Waals surface area contributed by atoms with Crippen molar-refractivity contribution in [2.45, 2.75) is 38.0 Å². The lowest BCUT2D eigenvalue weighted by atomic mass is 10.0. The van der Waals surface area contributed by atoms with Crippen molar-refractivity contribution in [3.63, 3.8) is 0 Å². The van der Waals surface area contributed by atoms with Crippen molar-refractivity contribution < 1.29 is 19.1 Å². The molecule has 0 spiro atoms. The molecule has 0 aliphatic rings. The topological polar surface area (TPSA) is 54.4 Å². The van der Waals surface area contributed by atoms with Gasteiger partial charge in [0.1, 0.15) is 5.82 Å². The fourth-order valence-electron chi connectivity index (χ4n) is 1.75. The van der Waals surface area contributed by atoms with Crippen LogP contribution in [-0.2, 0) is 4.79 Å². The minimum atomic E-state index is -1.38. The van der Waals surface area contributed by atoms with Gasteiger partial charge in [-0.05, 0) is 18.1 Å². The van der Waals surface area contributed by atoms with Gasteiger partial charge in [-0.2, -0.15) is 0 Å². The number of benzene rings is 1. The Bertz CT molecular complexity index is 515. The van der Waals surface area contributed by atoms with Gasteiger partial charge in [-0.25, -0.2) is 9.18 Å². The molecule has 0 fully saturated rings. The molecule has 0 aromatic heterocycles. The standard InChI is InChI=1S/C14H16ClFO3S/c1-3-8(4-2)5-13(17)20-12-6-9(14(18)19)11(16)7-10(12)15/h6-8H,3-5H2,1-2H3,(H,18,19). The number of carboxylic acids is 1. The number of halogens is 2. The molecular weight excluding hydrogens is 303 g/mol. The van der Waals surface area contributed by atoms with Crippen LogP contribution in [-0.4, -0.2) is 16.2 Å². The Morgan fingerprint density at radius 2 is 1.95 bits per heavy atom. The summed E-state index contributed by atoms with van der Waals surface area (Å²) in [6, 6.07) is 2.03. The molecule has 110 valence electrons. The van der Waals surface area contributed by atoms with Gasteiger partial charge in [-0.1, -0.05) is 50.1 Å². The molecule has 0 heterocycles. The number of carboxylic acid groups (broad SMARTS) is 1. The van der Waals surface area contributed by atoms with Crippen molar-refractivity contribution in [1.29, 1.82) is 0 Å². The predicted molar refractivity (Wildman–Crippen MR) is 77.9 cm³/mol. The highest BCUT2D eigenvalue weighted by molar-refractivity contribution is 8.13. The molecule has 0 unspecified atom stereocenters. The lowest BCUT2D eigenvalue weighted by Gasteiger charge is -2.11. The minimum Gasteiger partial charge on any atom is -0.478 e. The van der Waals surface area contributed by atoms with E-state index in [-0.39, 0.29) is 15.0 Å². The van der Waals surface area contributed by atoms with E-state index >= 15 is 0 Å². The van der Waals surface area contributed by atoms with E-state index in [1.807, 2.05) is 13.8 Å². The van der Waals surface area contributed by atoms with Gasteiger partial charge in [0.15, 0.2) is 5.12 Å². The highest BCUT2D eigenvalue weighted by Gasteiger charge is 2.18. The van der Waals surface area contributed by atoms with Crippen molar-refractivity contribution in [3.8, 4) is 0 Å². The Kier molecular flexibility index (Phi) is 6.49. The highest BCUT2D eigenvalue weighted by atomic mass is 35.5. The van der Waals surface area contributed by atoms with Gasteiger partial charge >= 0.3 is 5.97 Å². The minimum absolute atomic E-state index is 0.0513. The maximum Gasteiger partial charge on any atom is 0.338 e. The Labute approximate surface area is 126 Å². The summed E-state index contributed by atoms with van der Waals surface area (Å²) in [5.41, 5.74) is -0.479. The monoisotopic (exact) mass is 318 g/mol. The fraction of sp³-hybridized carbons (Fsp3) is 0.429. The molecule has 1 N–H and O–H groups in total. The summed E-state index contributed by atoms with van der Waals surface area (Å²) < 4.78 is 13.4. The first kappa shape index (κ1) is 17.0. The molecule has 20 heavy (non-hydrogen) atoms. The van der Waals surface area contributed by atoms with E-state index in [4.69, 9.17) is 16.7 Å². The molecule has 6 heteroatoms. The number of carbonyl (C=O) groups excluding carboxylic acids is 1. The molecule has 0 atom stereocenters. The van der Waals surface area contributed by atoms with Crippen LogP contribution in [0.4, 0.5) is 4.39 Å². The van der Waals surface area contributed by atoms with E-state index in [0.717, 1.165) is 36.7 Å². The SMILES string of the molecule is CCC(CC)CC(=O)Sc1cc(C(=O)O)c(F)cc1Cl. The molecule has 1 aromatic carbocycles. The van der Waals surface area contributed by atoms with Crippen LogP contribution in [0.25, 0.3) is 0 Å². The van der Waals surface area contributed by atoms with E-state index in [9.17, 15) is 14.0 Å². The van der Waals surface area contributed by atoms with E-state index in [2.05, 4.69) is 0 Å². The second-order valence-electron chi connectivity index (χ2n) is 4.43. The number of carbonyl (C=O) groups is 2. The molecule has 1 rings (SSSR count). The Hall–Kier alpha value is -1.07. The third-order valence-corrected chi connectivity index (χ3v) is 4.46. The Balaban J connectivity index is 2.89. The van der Waals surface area contributed by atoms with Gasteiger partial charge in [-0.15, -0.1) is 0 Å². The van der Waals surface area contributed by atoms with Crippen molar-refractivity contribution in [2.24, 2.45) is 5.92 Å². The summed E-state index contributed by atoms with van der Waals surface area (Å²) in [5.74, 6) is -1.99. The Morgan fingerprint density at radius 1 is 1.35 bits per heavy atom. The molecule has 0 bridgehead atoms. The third-order valence-electron chi connectivity index (χ3n) is 3.09. The number of hydrogen-bond acceptors (Lipinski definition) is 3. The molecule has 0 radical (unpaired) electrons. The van der Waals surface area contributed by atoms with Crippen LogP contribution in [0.15, 0.2) is 17.0 Å². The second kappa shape index (κ2) is 7.64. The number of aromatic carboxylic acids is 1. The molecule has 0 amide bonds. The van der Waals surface area contributed by atoms with Crippen molar-refractivity contribution in [1.82, 2.24) is 0 Å². The van der Waals surface area contributed by atoms with Gasteiger partial charge in [0.25, 0.3) is 0 Å². The van der Waals surface area contributed by atoms with Crippen molar-refractivity contribution >= 4 is 34.4 Å². The molecule has 0 saturated heterocycles. The molecule has 0 aliphatic heterocycles. The van der Waals surface area contributed by atoms with Gasteiger partial charge in [-0.3, -0.25) is 4.79 Å². The fourth-order valence-corrected chi connectivity index (χ4v) is 2.91. The number of rotatable bonds is 6. The molecule has 0 aliphatic carbocycles. The van der Waals surface area contributed by atoms with E-state index in [1.165, 1.54) is 0 Å². The first-order valence-electron chi connectivity index (χ1n) is 6.32. The summed E-state index contributed by atoms with van der Waals surface area (Å²) >= 11 is 6.72. The first-order chi connectivity index (χ1) is 9.38. The third kappa shape index (κ3) is 4.49. The average molecular weight is 319 g/mol. The van der Waals surface area contributed by atoms with Crippen LogP contribution < -0.4 is 0 Å². The second-order valence-corrected chi connectivity index (χ2v) is 5.93. The van der Waals surface area contributed by atoms with E-state index in [1.54, 1.807) is 0 Å². The summed E-state index contributed by atoms with van der Waals surface area (Å²) in [6.45, 7) is 4.03. The largest absolute Gasteiger partial charge is 0.478 e. The summed E-state index contributed by atoms with van der Waals surface area (Å²) in [5, 5.41) is 8.82. The maximum absolute atomic E-state index is 13.4. The van der Waals surface area contributed by atoms with Crippen LogP contribution in [0.1, 0.15) is 43.5 Å². The lowest BCUT2D eigenvalue weighted by Crippen LogP contribution is -2.05. The highest BCUT2D eigenvalue weighted by Crippen LogP contribution is 2.32. The van der Waals surface area contributed by atoms with Gasteiger partial charge < -0.3 is 5.11 Å². The smallest absolute Gasteiger partial charge is 0.338 e. The summed E-state index contributed by atoms with van der Waals surface area (Å²) in [7, 11) is 0. The zero-order chi connectivity index (χ0) is 15.3. The van der Waals surface area contributed by atoms with Crippen molar-refractivity contribution in [2.75, 3.05) is 0 Å². The number of hydrogen-bond donors (Lipinski definition) is 1. The van der Waals surface area contributed by atoms with Gasteiger partial charge in [0.2, 0.25) is 0 Å². The quantitative estimate of drug-likeness (QED) is 0.777. The molecule has 1 aromatic rings. The van der Waals surface area contributed by atoms with E-state index < -0.39 is 17.3 Å². The molecule has 3 nitrogen and oxygen atoms in total. The van der Waals surface area contributed by atoms with Gasteiger partial charge in [0.05, 0.1) is 10.6 Å².